The molecule has 0 bridgehead atoms. The van der Waals surface area contributed by atoms with Crippen molar-refractivity contribution in [3.8, 4) is 5.75 Å². The molecule has 1 rings (SSSR count). The van der Waals surface area contributed by atoms with Crippen molar-refractivity contribution in [1.82, 2.24) is 5.32 Å². The summed E-state index contributed by atoms with van der Waals surface area (Å²) in [6.45, 7) is 2.24. The molecule has 19 heavy (non-hydrogen) atoms. The zero-order chi connectivity index (χ0) is 14.1. The Kier molecular flexibility index (Phi) is 8.26. The average molecular weight is 325 g/mol. The van der Waals surface area contributed by atoms with Gasteiger partial charge in [-0.1, -0.05) is 46.9 Å². The van der Waals surface area contributed by atoms with Crippen LogP contribution in [0.2, 0.25) is 5.02 Å². The Hall–Kier alpha value is -0.450. The first-order chi connectivity index (χ1) is 9.19. The second-order valence-electron chi connectivity index (χ2n) is 3.74. The van der Waals surface area contributed by atoms with Gasteiger partial charge in [0.2, 0.25) is 0 Å². The van der Waals surface area contributed by atoms with Gasteiger partial charge in [0.15, 0.2) is 0 Å². The third-order valence-corrected chi connectivity index (χ3v) is 3.21. The maximum Gasteiger partial charge on any atom is 0.142 e. The summed E-state index contributed by atoms with van der Waals surface area (Å²) in [7, 11) is 1.66. The molecule has 0 atom stereocenters. The summed E-state index contributed by atoms with van der Waals surface area (Å²) in [5.41, 5.74) is 2.23. The number of hydrogen-bond donors (Lipinski definition) is 1. The summed E-state index contributed by atoms with van der Waals surface area (Å²) in [4.78, 5) is 0. The lowest BCUT2D eigenvalue weighted by Gasteiger charge is -2.13. The van der Waals surface area contributed by atoms with Gasteiger partial charge in [-0.25, -0.2) is 0 Å². The SMILES string of the molecule is COCCNCc1cccc(Cl)c1OC/C(Cl)=C/Cl. The lowest BCUT2D eigenvalue weighted by Crippen LogP contribution is -2.19. The number of nitrogens with one attached hydrogen (secondary N) is 1. The van der Waals surface area contributed by atoms with Gasteiger partial charge in [0, 0.05) is 31.3 Å². The number of methoxy groups -OCH3 is 1. The van der Waals surface area contributed by atoms with Crippen LogP contribution >= 0.6 is 34.8 Å². The Morgan fingerprint density at radius 3 is 2.89 bits per heavy atom. The molecule has 0 unspecified atom stereocenters. The molecule has 0 heterocycles. The molecule has 1 N–H and O–H groups in total. The van der Waals surface area contributed by atoms with Crippen LogP contribution in [0.15, 0.2) is 28.8 Å². The smallest absolute Gasteiger partial charge is 0.142 e. The first kappa shape index (κ1) is 16.6. The molecule has 0 spiro atoms. The van der Waals surface area contributed by atoms with E-state index in [2.05, 4.69) is 5.32 Å². The molecule has 106 valence electrons. The van der Waals surface area contributed by atoms with E-state index in [0.29, 0.717) is 29.0 Å². The third kappa shape index (κ3) is 6.02. The van der Waals surface area contributed by atoms with Crippen LogP contribution in [0.4, 0.5) is 0 Å². The molecule has 0 aliphatic rings. The molecule has 0 fully saturated rings. The summed E-state index contributed by atoms with van der Waals surface area (Å²) < 4.78 is 10.6. The van der Waals surface area contributed by atoms with Crippen LogP contribution in [0.25, 0.3) is 0 Å². The van der Waals surface area contributed by atoms with Gasteiger partial charge in [-0.15, -0.1) is 0 Å². The Balaban J connectivity index is 2.66. The molecular weight excluding hydrogens is 309 g/mol. The van der Waals surface area contributed by atoms with Crippen molar-refractivity contribution in [2.24, 2.45) is 0 Å². The lowest BCUT2D eigenvalue weighted by atomic mass is 10.2. The largest absolute Gasteiger partial charge is 0.486 e. The highest BCUT2D eigenvalue weighted by Crippen LogP contribution is 2.29. The highest BCUT2D eigenvalue weighted by Gasteiger charge is 2.08. The molecule has 0 radical (unpaired) electrons. The standard InChI is InChI=1S/C13H16Cl3NO2/c1-18-6-5-17-8-10-3-2-4-12(16)13(10)19-9-11(15)7-14/h2-4,7,17H,5-6,8-9H2,1H3/b11-7-. The predicted octanol–water partition coefficient (Wildman–Crippen LogP) is 3.77. The van der Waals surface area contributed by atoms with Gasteiger partial charge in [0.25, 0.3) is 0 Å². The van der Waals surface area contributed by atoms with E-state index in [1.807, 2.05) is 12.1 Å². The molecule has 1 aromatic carbocycles. The van der Waals surface area contributed by atoms with Crippen LogP contribution in [0.5, 0.6) is 5.75 Å². The van der Waals surface area contributed by atoms with Crippen molar-refractivity contribution in [3.05, 3.63) is 39.4 Å². The number of halogens is 3. The van der Waals surface area contributed by atoms with E-state index in [1.165, 1.54) is 5.54 Å². The zero-order valence-corrected chi connectivity index (χ0v) is 12.9. The maximum atomic E-state index is 6.12. The van der Waals surface area contributed by atoms with Gasteiger partial charge in [-0.3, -0.25) is 0 Å². The van der Waals surface area contributed by atoms with Crippen molar-refractivity contribution >= 4 is 34.8 Å². The number of rotatable bonds is 8. The highest BCUT2D eigenvalue weighted by molar-refractivity contribution is 6.36. The molecule has 0 saturated heterocycles. The molecule has 6 heteroatoms. The molecule has 0 aliphatic carbocycles. The molecule has 0 amide bonds. The van der Waals surface area contributed by atoms with Crippen molar-refractivity contribution in [2.75, 3.05) is 26.9 Å². The summed E-state index contributed by atoms with van der Waals surface area (Å²) in [5, 5.41) is 4.20. The second-order valence-corrected chi connectivity index (χ2v) is 4.85. The fourth-order valence-corrected chi connectivity index (χ4v) is 1.79. The summed E-state index contributed by atoms with van der Waals surface area (Å²) >= 11 is 17.4. The Labute approximate surface area is 128 Å². The van der Waals surface area contributed by atoms with Crippen LogP contribution in [-0.2, 0) is 11.3 Å². The number of para-hydroxylation sites is 1. The number of hydrogen-bond acceptors (Lipinski definition) is 3. The zero-order valence-electron chi connectivity index (χ0n) is 10.6. The molecule has 0 saturated carbocycles. The van der Waals surface area contributed by atoms with Gasteiger partial charge >= 0.3 is 0 Å². The fourth-order valence-electron chi connectivity index (χ4n) is 1.42. The molecule has 1 aromatic rings. The summed E-state index contributed by atoms with van der Waals surface area (Å²) in [6.07, 6.45) is 0. The molecule has 0 aromatic heterocycles. The minimum Gasteiger partial charge on any atom is -0.486 e. The van der Waals surface area contributed by atoms with Crippen LogP contribution in [-0.4, -0.2) is 26.9 Å². The predicted molar refractivity (Wildman–Crippen MR) is 80.3 cm³/mol. The molecular formula is C13H16Cl3NO2. The van der Waals surface area contributed by atoms with E-state index < -0.39 is 0 Å². The van der Waals surface area contributed by atoms with E-state index in [4.69, 9.17) is 44.3 Å². The first-order valence-corrected chi connectivity index (χ1v) is 6.93. The molecule has 3 nitrogen and oxygen atoms in total. The Bertz CT molecular complexity index is 424. The average Bonchev–Trinajstić information content (AvgIpc) is 2.42. The molecule has 0 aliphatic heterocycles. The summed E-state index contributed by atoms with van der Waals surface area (Å²) in [5.74, 6) is 0.616. The van der Waals surface area contributed by atoms with E-state index in [9.17, 15) is 0 Å². The van der Waals surface area contributed by atoms with E-state index >= 15 is 0 Å². The second kappa shape index (κ2) is 9.45. The number of ether oxygens (including phenoxy) is 2. The highest BCUT2D eigenvalue weighted by atomic mass is 35.5. The lowest BCUT2D eigenvalue weighted by molar-refractivity contribution is 0.199. The Morgan fingerprint density at radius 2 is 2.21 bits per heavy atom. The van der Waals surface area contributed by atoms with Gasteiger partial charge in [0.05, 0.1) is 16.7 Å². The van der Waals surface area contributed by atoms with Gasteiger partial charge < -0.3 is 14.8 Å². The van der Waals surface area contributed by atoms with E-state index in [1.54, 1.807) is 13.2 Å². The first-order valence-electron chi connectivity index (χ1n) is 5.73. The summed E-state index contributed by atoms with van der Waals surface area (Å²) in [6, 6.07) is 5.59. The van der Waals surface area contributed by atoms with E-state index in [0.717, 1.165) is 12.1 Å². The monoisotopic (exact) mass is 323 g/mol. The van der Waals surface area contributed by atoms with Gasteiger partial charge in [-0.2, -0.15) is 0 Å². The Morgan fingerprint density at radius 1 is 1.42 bits per heavy atom. The third-order valence-electron chi connectivity index (χ3n) is 2.32. The van der Waals surface area contributed by atoms with Crippen molar-refractivity contribution in [1.29, 1.82) is 0 Å². The fraction of sp³-hybridized carbons (Fsp3) is 0.385. The van der Waals surface area contributed by atoms with Crippen LogP contribution < -0.4 is 10.1 Å². The normalized spacial score (nSPS) is 11.7. The number of benzene rings is 1. The van der Waals surface area contributed by atoms with Gasteiger partial charge in [0.1, 0.15) is 12.4 Å². The quantitative estimate of drug-likeness (QED) is 0.738. The van der Waals surface area contributed by atoms with Gasteiger partial charge in [-0.05, 0) is 6.07 Å². The van der Waals surface area contributed by atoms with Crippen LogP contribution in [0.3, 0.4) is 0 Å². The van der Waals surface area contributed by atoms with Crippen LogP contribution in [0, 0.1) is 0 Å². The van der Waals surface area contributed by atoms with Crippen molar-refractivity contribution in [3.63, 3.8) is 0 Å². The topological polar surface area (TPSA) is 30.5 Å². The minimum atomic E-state index is 0.194. The van der Waals surface area contributed by atoms with Crippen molar-refractivity contribution in [2.45, 2.75) is 6.54 Å². The minimum absolute atomic E-state index is 0.194. The van der Waals surface area contributed by atoms with Crippen molar-refractivity contribution < 1.29 is 9.47 Å². The van der Waals surface area contributed by atoms with E-state index in [-0.39, 0.29) is 6.61 Å². The maximum absolute atomic E-state index is 6.12. The van der Waals surface area contributed by atoms with Crippen LogP contribution in [0.1, 0.15) is 5.56 Å².